The highest BCUT2D eigenvalue weighted by molar-refractivity contribution is 5.32. The molecule has 1 nitrogen and oxygen atoms in total. The molecule has 0 amide bonds. The van der Waals surface area contributed by atoms with Crippen LogP contribution in [-0.2, 0) is 0 Å². The number of rotatable bonds is 3. The second kappa shape index (κ2) is 4.58. The summed E-state index contributed by atoms with van der Waals surface area (Å²) in [6, 6.07) is 7.98. The maximum Gasteiger partial charge on any atom is 0.0296 e. The Morgan fingerprint density at radius 1 is 1.25 bits per heavy atom. The molecule has 0 bridgehead atoms. The Kier molecular flexibility index (Phi) is 3.34. The van der Waals surface area contributed by atoms with Crippen LogP contribution in [0.5, 0.6) is 0 Å². The highest BCUT2D eigenvalue weighted by Crippen LogP contribution is 2.29. The molecule has 1 heteroatoms. The molecule has 1 atom stereocenters. The van der Waals surface area contributed by atoms with Crippen molar-refractivity contribution in [2.24, 2.45) is 5.92 Å². The van der Waals surface area contributed by atoms with Crippen LogP contribution in [0.25, 0.3) is 0 Å². The zero-order valence-electron chi connectivity index (χ0n) is 10.9. The predicted molar refractivity (Wildman–Crippen MR) is 69.7 cm³/mol. The highest BCUT2D eigenvalue weighted by atomic mass is 15.0. The van der Waals surface area contributed by atoms with Gasteiger partial charge in [0.15, 0.2) is 0 Å². The second-order valence-electron chi connectivity index (χ2n) is 5.52. The Morgan fingerprint density at radius 3 is 2.50 bits per heavy atom. The summed E-state index contributed by atoms with van der Waals surface area (Å²) in [5.41, 5.74) is 4.21. The highest BCUT2D eigenvalue weighted by Gasteiger charge is 2.26. The first-order valence-corrected chi connectivity index (χ1v) is 6.39. The van der Waals surface area contributed by atoms with E-state index in [0.29, 0.717) is 6.04 Å². The van der Waals surface area contributed by atoms with E-state index < -0.39 is 0 Å². The van der Waals surface area contributed by atoms with E-state index in [1.807, 2.05) is 0 Å². The largest absolute Gasteiger partial charge is 0.307 e. The molecule has 1 aliphatic rings. The van der Waals surface area contributed by atoms with Crippen LogP contribution in [0.15, 0.2) is 18.2 Å². The molecule has 0 aliphatic heterocycles. The predicted octanol–water partition coefficient (Wildman–Crippen LogP) is 3.75. The van der Waals surface area contributed by atoms with E-state index in [1.54, 1.807) is 0 Å². The molecular formula is C15H23N. The molecule has 1 fully saturated rings. The van der Waals surface area contributed by atoms with Gasteiger partial charge in [-0.1, -0.05) is 30.7 Å². The molecule has 1 unspecified atom stereocenters. The number of hydrogen-bond donors (Lipinski definition) is 1. The molecule has 0 radical (unpaired) electrons. The summed E-state index contributed by atoms with van der Waals surface area (Å²) in [6.07, 6.45) is 2.69. The van der Waals surface area contributed by atoms with Gasteiger partial charge in [0.25, 0.3) is 0 Å². The van der Waals surface area contributed by atoms with Crippen LogP contribution in [0.1, 0.15) is 49.4 Å². The summed E-state index contributed by atoms with van der Waals surface area (Å²) in [4.78, 5) is 0. The van der Waals surface area contributed by atoms with Crippen molar-refractivity contribution in [2.75, 3.05) is 0 Å². The van der Waals surface area contributed by atoms with Crippen molar-refractivity contribution in [3.8, 4) is 0 Å². The number of hydrogen-bond acceptors (Lipinski definition) is 1. The van der Waals surface area contributed by atoms with E-state index in [0.717, 1.165) is 12.0 Å². The van der Waals surface area contributed by atoms with Gasteiger partial charge in [-0.2, -0.15) is 0 Å². The van der Waals surface area contributed by atoms with Crippen molar-refractivity contribution in [3.05, 3.63) is 34.9 Å². The molecule has 0 heterocycles. The van der Waals surface area contributed by atoms with Crippen molar-refractivity contribution < 1.29 is 0 Å². The topological polar surface area (TPSA) is 12.0 Å². The molecule has 0 saturated heterocycles. The standard InChI is InChI=1S/C15H23N/c1-10-5-6-15(12(3)7-10)13(4)16-14-8-11(2)9-14/h5-7,11,13-14,16H,8-9H2,1-4H3. The molecule has 88 valence electrons. The van der Waals surface area contributed by atoms with Crippen molar-refractivity contribution in [1.82, 2.24) is 5.32 Å². The molecule has 1 aliphatic carbocycles. The first kappa shape index (κ1) is 11.7. The quantitative estimate of drug-likeness (QED) is 0.813. The zero-order valence-corrected chi connectivity index (χ0v) is 10.9. The molecule has 1 saturated carbocycles. The fourth-order valence-corrected chi connectivity index (χ4v) is 2.79. The first-order valence-electron chi connectivity index (χ1n) is 6.39. The molecule has 0 aromatic heterocycles. The minimum Gasteiger partial charge on any atom is -0.307 e. The first-order chi connectivity index (χ1) is 7.56. The lowest BCUT2D eigenvalue weighted by Crippen LogP contribution is -2.41. The molecule has 2 rings (SSSR count). The smallest absolute Gasteiger partial charge is 0.0296 e. The molecular weight excluding hydrogens is 194 g/mol. The third-order valence-corrected chi connectivity index (χ3v) is 3.75. The van der Waals surface area contributed by atoms with Crippen molar-refractivity contribution in [1.29, 1.82) is 0 Å². The number of aryl methyl sites for hydroxylation is 2. The maximum atomic E-state index is 3.72. The summed E-state index contributed by atoms with van der Waals surface area (Å²) in [6.45, 7) is 8.98. The van der Waals surface area contributed by atoms with E-state index in [2.05, 4.69) is 51.2 Å². The SMILES string of the molecule is Cc1ccc(C(C)NC2CC(C)C2)c(C)c1. The minimum atomic E-state index is 0.484. The Hall–Kier alpha value is -0.820. The molecule has 1 aromatic rings. The van der Waals surface area contributed by atoms with Crippen LogP contribution in [-0.4, -0.2) is 6.04 Å². The number of nitrogens with one attached hydrogen (secondary N) is 1. The van der Waals surface area contributed by atoms with Gasteiger partial charge in [0, 0.05) is 12.1 Å². The van der Waals surface area contributed by atoms with Crippen LogP contribution in [0.3, 0.4) is 0 Å². The molecule has 16 heavy (non-hydrogen) atoms. The van der Waals surface area contributed by atoms with E-state index in [-0.39, 0.29) is 0 Å². The van der Waals surface area contributed by atoms with Crippen molar-refractivity contribution >= 4 is 0 Å². The monoisotopic (exact) mass is 217 g/mol. The number of benzene rings is 1. The maximum absolute atomic E-state index is 3.72. The molecule has 1 aromatic carbocycles. The molecule has 1 N–H and O–H groups in total. The van der Waals surface area contributed by atoms with Crippen LogP contribution in [0, 0.1) is 19.8 Å². The van der Waals surface area contributed by atoms with Crippen LogP contribution < -0.4 is 5.32 Å². The van der Waals surface area contributed by atoms with Crippen LogP contribution in [0.2, 0.25) is 0 Å². The summed E-state index contributed by atoms with van der Waals surface area (Å²) in [5, 5.41) is 3.72. The third-order valence-electron chi connectivity index (χ3n) is 3.75. The minimum absolute atomic E-state index is 0.484. The van der Waals surface area contributed by atoms with Gasteiger partial charge >= 0.3 is 0 Å². The summed E-state index contributed by atoms with van der Waals surface area (Å²) >= 11 is 0. The average molecular weight is 217 g/mol. The van der Waals surface area contributed by atoms with E-state index >= 15 is 0 Å². The van der Waals surface area contributed by atoms with Crippen molar-refractivity contribution in [2.45, 2.75) is 52.6 Å². The van der Waals surface area contributed by atoms with Gasteiger partial charge in [0.05, 0.1) is 0 Å². The average Bonchev–Trinajstić information content (AvgIpc) is 2.15. The Labute approximate surface area is 99.3 Å². The second-order valence-corrected chi connectivity index (χ2v) is 5.52. The van der Waals surface area contributed by atoms with Gasteiger partial charge in [0.1, 0.15) is 0 Å². The lowest BCUT2D eigenvalue weighted by atomic mass is 9.81. The van der Waals surface area contributed by atoms with Gasteiger partial charge < -0.3 is 5.32 Å². The van der Waals surface area contributed by atoms with Crippen molar-refractivity contribution in [3.63, 3.8) is 0 Å². The Balaban J connectivity index is 2.00. The van der Waals surface area contributed by atoms with E-state index in [9.17, 15) is 0 Å². The summed E-state index contributed by atoms with van der Waals surface area (Å²) < 4.78 is 0. The third kappa shape index (κ3) is 2.46. The van der Waals surface area contributed by atoms with Gasteiger partial charge in [0.2, 0.25) is 0 Å². The lowest BCUT2D eigenvalue weighted by Gasteiger charge is -2.36. The van der Waals surface area contributed by atoms with Gasteiger partial charge in [-0.05, 0) is 50.7 Å². The Bertz CT molecular complexity index is 364. The van der Waals surface area contributed by atoms with Gasteiger partial charge in [-0.25, -0.2) is 0 Å². The van der Waals surface area contributed by atoms with Gasteiger partial charge in [-0.3, -0.25) is 0 Å². The lowest BCUT2D eigenvalue weighted by molar-refractivity contribution is 0.226. The normalized spacial score (nSPS) is 26.2. The van der Waals surface area contributed by atoms with E-state index in [4.69, 9.17) is 0 Å². The van der Waals surface area contributed by atoms with Crippen LogP contribution in [0.4, 0.5) is 0 Å². The fraction of sp³-hybridized carbons (Fsp3) is 0.600. The summed E-state index contributed by atoms with van der Waals surface area (Å²) in [7, 11) is 0. The van der Waals surface area contributed by atoms with Gasteiger partial charge in [-0.15, -0.1) is 0 Å². The fourth-order valence-electron chi connectivity index (χ4n) is 2.79. The molecule has 0 spiro atoms. The van der Waals surface area contributed by atoms with E-state index in [1.165, 1.54) is 29.5 Å². The Morgan fingerprint density at radius 2 is 1.94 bits per heavy atom. The van der Waals surface area contributed by atoms with Crippen LogP contribution >= 0.6 is 0 Å². The summed E-state index contributed by atoms with van der Waals surface area (Å²) in [5.74, 6) is 0.920. The zero-order chi connectivity index (χ0) is 11.7.